The highest BCUT2D eigenvalue weighted by Crippen LogP contribution is 2.10. The minimum Gasteiger partial charge on any atom is -0.508 e. The van der Waals surface area contributed by atoms with Gasteiger partial charge in [-0.15, -0.1) is 10.2 Å². The van der Waals surface area contributed by atoms with Crippen LogP contribution in [0.5, 0.6) is 5.75 Å². The van der Waals surface area contributed by atoms with Crippen molar-refractivity contribution in [3.63, 3.8) is 0 Å². The summed E-state index contributed by atoms with van der Waals surface area (Å²) in [5.41, 5.74) is 2.04. The highest BCUT2D eigenvalue weighted by atomic mass is 16.3. The van der Waals surface area contributed by atoms with Gasteiger partial charge in [-0.05, 0) is 42.7 Å². The van der Waals surface area contributed by atoms with Crippen LogP contribution in [0.25, 0.3) is 5.65 Å². The van der Waals surface area contributed by atoms with Gasteiger partial charge in [0.2, 0.25) is 0 Å². The summed E-state index contributed by atoms with van der Waals surface area (Å²) in [7, 11) is 1.75. The van der Waals surface area contributed by atoms with E-state index in [0.717, 1.165) is 36.8 Å². The summed E-state index contributed by atoms with van der Waals surface area (Å²) in [6, 6.07) is 13.1. The Balaban J connectivity index is 1.44. The zero-order valence-electron chi connectivity index (χ0n) is 14.2. The standard InChI is InChI=1S/C18H22N6O/c1-19-18(20-11-4-5-14-7-9-15(25)10-8-14)21-13-17-23-22-16-6-2-3-12-24(16)17/h2-3,6-10,12,25H,4-5,11,13H2,1H3,(H2,19,20,21). The predicted octanol–water partition coefficient (Wildman–Crippen LogP) is 1.73. The summed E-state index contributed by atoms with van der Waals surface area (Å²) in [5, 5.41) is 24.2. The minimum absolute atomic E-state index is 0.299. The molecular formula is C18H22N6O. The number of nitrogens with one attached hydrogen (secondary N) is 2. The molecule has 130 valence electrons. The summed E-state index contributed by atoms with van der Waals surface area (Å²) in [6.07, 6.45) is 3.86. The number of nitrogens with zero attached hydrogens (tertiary/aromatic N) is 4. The molecule has 2 heterocycles. The number of aromatic hydroxyl groups is 1. The van der Waals surface area contributed by atoms with Crippen LogP contribution in [0.2, 0.25) is 0 Å². The molecule has 0 fully saturated rings. The Labute approximate surface area is 146 Å². The fourth-order valence-electron chi connectivity index (χ4n) is 2.56. The van der Waals surface area contributed by atoms with Crippen LogP contribution in [-0.2, 0) is 13.0 Å². The fourth-order valence-corrected chi connectivity index (χ4v) is 2.56. The van der Waals surface area contributed by atoms with Gasteiger partial charge in [-0.2, -0.15) is 0 Å². The molecule has 1 aromatic carbocycles. The average Bonchev–Trinajstić information content (AvgIpc) is 3.06. The van der Waals surface area contributed by atoms with Gasteiger partial charge in [-0.3, -0.25) is 9.39 Å². The molecule has 0 unspecified atom stereocenters. The van der Waals surface area contributed by atoms with Gasteiger partial charge in [-0.25, -0.2) is 0 Å². The van der Waals surface area contributed by atoms with Gasteiger partial charge in [0.15, 0.2) is 17.4 Å². The van der Waals surface area contributed by atoms with Crippen LogP contribution in [0.1, 0.15) is 17.8 Å². The lowest BCUT2D eigenvalue weighted by Crippen LogP contribution is -2.37. The van der Waals surface area contributed by atoms with E-state index < -0.39 is 0 Å². The van der Waals surface area contributed by atoms with Gasteiger partial charge in [0.25, 0.3) is 0 Å². The number of fused-ring (bicyclic) bond motifs is 1. The molecule has 3 aromatic rings. The van der Waals surface area contributed by atoms with Gasteiger partial charge in [-0.1, -0.05) is 18.2 Å². The zero-order valence-corrected chi connectivity index (χ0v) is 14.2. The molecule has 0 amide bonds. The molecule has 0 aliphatic rings. The van der Waals surface area contributed by atoms with E-state index in [-0.39, 0.29) is 0 Å². The lowest BCUT2D eigenvalue weighted by molar-refractivity contribution is 0.475. The number of rotatable bonds is 6. The number of aromatic nitrogens is 3. The maximum atomic E-state index is 9.29. The lowest BCUT2D eigenvalue weighted by Gasteiger charge is -2.11. The van der Waals surface area contributed by atoms with E-state index in [1.54, 1.807) is 19.2 Å². The molecule has 0 aliphatic carbocycles. The van der Waals surface area contributed by atoms with Crippen LogP contribution in [0, 0.1) is 0 Å². The van der Waals surface area contributed by atoms with Gasteiger partial charge in [0.1, 0.15) is 5.75 Å². The Bertz CT molecular complexity index is 840. The maximum absolute atomic E-state index is 9.29. The van der Waals surface area contributed by atoms with Gasteiger partial charge in [0.05, 0.1) is 6.54 Å². The second-order valence-electron chi connectivity index (χ2n) is 5.67. The molecule has 2 aromatic heterocycles. The molecule has 0 atom stereocenters. The number of benzene rings is 1. The van der Waals surface area contributed by atoms with E-state index in [4.69, 9.17) is 0 Å². The number of aryl methyl sites for hydroxylation is 1. The Hall–Kier alpha value is -3.09. The molecule has 0 saturated heterocycles. The Morgan fingerprint density at radius 2 is 1.96 bits per heavy atom. The normalized spacial score (nSPS) is 11.6. The SMILES string of the molecule is CN=C(NCCCc1ccc(O)cc1)NCc1nnc2ccccn12. The number of phenols is 1. The number of pyridine rings is 1. The number of hydrogen-bond donors (Lipinski definition) is 3. The molecule has 0 bridgehead atoms. The molecule has 3 rings (SSSR count). The minimum atomic E-state index is 0.299. The van der Waals surface area contributed by atoms with Crippen molar-refractivity contribution < 1.29 is 5.11 Å². The van der Waals surface area contributed by atoms with Crippen molar-refractivity contribution in [1.29, 1.82) is 0 Å². The number of hydrogen-bond acceptors (Lipinski definition) is 4. The van der Waals surface area contributed by atoms with Crippen molar-refractivity contribution in [3.05, 3.63) is 60.0 Å². The Kier molecular flexibility index (Phi) is 5.46. The first kappa shape index (κ1) is 16.8. The first-order valence-corrected chi connectivity index (χ1v) is 8.27. The van der Waals surface area contributed by atoms with Crippen molar-refractivity contribution in [3.8, 4) is 5.75 Å². The molecule has 3 N–H and O–H groups in total. The van der Waals surface area contributed by atoms with Crippen molar-refractivity contribution in [2.24, 2.45) is 4.99 Å². The predicted molar refractivity (Wildman–Crippen MR) is 97.6 cm³/mol. The third kappa shape index (κ3) is 4.47. The van der Waals surface area contributed by atoms with Crippen LogP contribution in [0.4, 0.5) is 0 Å². The van der Waals surface area contributed by atoms with Crippen LogP contribution in [0.15, 0.2) is 53.7 Å². The Morgan fingerprint density at radius 3 is 2.76 bits per heavy atom. The van der Waals surface area contributed by atoms with Crippen molar-refractivity contribution >= 4 is 11.6 Å². The summed E-state index contributed by atoms with van der Waals surface area (Å²) >= 11 is 0. The van der Waals surface area contributed by atoms with Crippen LogP contribution in [0.3, 0.4) is 0 Å². The smallest absolute Gasteiger partial charge is 0.191 e. The van der Waals surface area contributed by atoms with Gasteiger partial charge < -0.3 is 15.7 Å². The lowest BCUT2D eigenvalue weighted by atomic mass is 10.1. The first-order valence-electron chi connectivity index (χ1n) is 8.27. The third-order valence-corrected chi connectivity index (χ3v) is 3.89. The molecule has 0 aliphatic heterocycles. The van der Waals surface area contributed by atoms with E-state index in [1.165, 1.54) is 5.56 Å². The molecule has 0 saturated carbocycles. The van der Waals surface area contributed by atoms with Crippen molar-refractivity contribution in [2.75, 3.05) is 13.6 Å². The number of aliphatic imine (C=N–C) groups is 1. The van der Waals surface area contributed by atoms with Gasteiger partial charge >= 0.3 is 0 Å². The second-order valence-corrected chi connectivity index (χ2v) is 5.67. The number of guanidine groups is 1. The summed E-state index contributed by atoms with van der Waals surface area (Å²) in [4.78, 5) is 4.23. The highest BCUT2D eigenvalue weighted by Gasteiger charge is 2.05. The monoisotopic (exact) mass is 338 g/mol. The van der Waals surface area contributed by atoms with Crippen LogP contribution < -0.4 is 10.6 Å². The number of phenolic OH excluding ortho intramolecular Hbond substituents is 1. The Morgan fingerprint density at radius 1 is 1.12 bits per heavy atom. The van der Waals surface area contributed by atoms with E-state index in [0.29, 0.717) is 12.3 Å². The summed E-state index contributed by atoms with van der Waals surface area (Å²) in [6.45, 7) is 1.35. The molecule has 0 spiro atoms. The molecule has 0 radical (unpaired) electrons. The average molecular weight is 338 g/mol. The van der Waals surface area contributed by atoms with E-state index >= 15 is 0 Å². The topological polar surface area (TPSA) is 86.8 Å². The zero-order chi connectivity index (χ0) is 17.5. The highest BCUT2D eigenvalue weighted by molar-refractivity contribution is 5.79. The van der Waals surface area contributed by atoms with Crippen LogP contribution in [-0.4, -0.2) is 39.3 Å². The van der Waals surface area contributed by atoms with Crippen LogP contribution >= 0.6 is 0 Å². The van der Waals surface area contributed by atoms with E-state index in [1.807, 2.05) is 40.9 Å². The largest absolute Gasteiger partial charge is 0.508 e. The third-order valence-electron chi connectivity index (χ3n) is 3.89. The molecule has 7 nitrogen and oxygen atoms in total. The molecule has 25 heavy (non-hydrogen) atoms. The molecular weight excluding hydrogens is 316 g/mol. The van der Waals surface area contributed by atoms with E-state index in [9.17, 15) is 5.11 Å². The van der Waals surface area contributed by atoms with Crippen molar-refractivity contribution in [1.82, 2.24) is 25.2 Å². The van der Waals surface area contributed by atoms with Crippen molar-refractivity contribution in [2.45, 2.75) is 19.4 Å². The summed E-state index contributed by atoms with van der Waals surface area (Å²) < 4.78 is 1.95. The van der Waals surface area contributed by atoms with E-state index in [2.05, 4.69) is 25.8 Å². The quantitative estimate of drug-likeness (QED) is 0.362. The second kappa shape index (κ2) is 8.14. The van der Waals surface area contributed by atoms with Gasteiger partial charge in [0, 0.05) is 19.8 Å². The maximum Gasteiger partial charge on any atom is 0.191 e. The summed E-state index contributed by atoms with van der Waals surface area (Å²) in [5.74, 6) is 1.87. The first-order chi connectivity index (χ1) is 12.3. The fraction of sp³-hybridized carbons (Fsp3) is 0.278. The molecule has 7 heteroatoms.